The largest absolute Gasteiger partial charge is 0.0654 e. The maximum absolute atomic E-state index is 3.92. The quantitative estimate of drug-likeness (QED) is 0.542. The molecule has 0 spiro atoms. The minimum atomic E-state index is 0.909. The lowest BCUT2D eigenvalue weighted by Crippen LogP contribution is -2.10. The van der Waals surface area contributed by atoms with Crippen molar-refractivity contribution in [2.24, 2.45) is 11.8 Å². The first-order valence-corrected chi connectivity index (χ1v) is 5.05. The molecule has 2 atom stereocenters. The summed E-state index contributed by atoms with van der Waals surface area (Å²) < 4.78 is 0. The average molecular weight is 155 g/mol. The standard InChI is InChI=1S/C11H23/c1-5-8-10(4)11(7-3)9-6-2/h10-11H,2,5-9H2,1,3-4H3. The van der Waals surface area contributed by atoms with Crippen LogP contribution in [-0.4, -0.2) is 0 Å². The molecule has 0 heterocycles. The zero-order valence-corrected chi connectivity index (χ0v) is 8.40. The van der Waals surface area contributed by atoms with Crippen LogP contribution in [0.15, 0.2) is 0 Å². The predicted octanol–water partition coefficient (Wildman–Crippen LogP) is 4.06. The van der Waals surface area contributed by atoms with Crippen LogP contribution in [0.25, 0.3) is 0 Å². The van der Waals surface area contributed by atoms with Crippen molar-refractivity contribution >= 4 is 0 Å². The van der Waals surface area contributed by atoms with Gasteiger partial charge in [-0.1, -0.05) is 59.8 Å². The molecule has 0 aromatic carbocycles. The van der Waals surface area contributed by atoms with Crippen molar-refractivity contribution in [2.75, 3.05) is 0 Å². The fraction of sp³-hybridized carbons (Fsp3) is 0.909. The predicted molar refractivity (Wildman–Crippen MR) is 52.4 cm³/mol. The molecule has 0 heteroatoms. The zero-order valence-electron chi connectivity index (χ0n) is 8.40. The van der Waals surface area contributed by atoms with Crippen LogP contribution in [-0.2, 0) is 0 Å². The molecule has 0 nitrogen and oxygen atoms in total. The van der Waals surface area contributed by atoms with Gasteiger partial charge < -0.3 is 0 Å². The normalized spacial score (nSPS) is 16.4. The van der Waals surface area contributed by atoms with E-state index < -0.39 is 0 Å². The smallest absolute Gasteiger partial charge is 0.0391 e. The highest BCUT2D eigenvalue weighted by molar-refractivity contribution is 4.65. The molecule has 0 aliphatic heterocycles. The van der Waals surface area contributed by atoms with Gasteiger partial charge in [-0.2, -0.15) is 0 Å². The van der Waals surface area contributed by atoms with Gasteiger partial charge in [-0.3, -0.25) is 0 Å². The highest BCUT2D eigenvalue weighted by atomic mass is 14.2. The van der Waals surface area contributed by atoms with Crippen LogP contribution in [0.1, 0.15) is 52.9 Å². The summed E-state index contributed by atoms with van der Waals surface area (Å²) in [6, 6.07) is 0. The molecular formula is C11H23. The van der Waals surface area contributed by atoms with Crippen molar-refractivity contribution in [3.63, 3.8) is 0 Å². The van der Waals surface area contributed by atoms with Crippen molar-refractivity contribution in [2.45, 2.75) is 52.9 Å². The lowest BCUT2D eigenvalue weighted by atomic mass is 9.85. The summed E-state index contributed by atoms with van der Waals surface area (Å²) in [5.74, 6) is 1.83. The van der Waals surface area contributed by atoms with Crippen molar-refractivity contribution in [3.05, 3.63) is 6.92 Å². The van der Waals surface area contributed by atoms with Gasteiger partial charge >= 0.3 is 0 Å². The van der Waals surface area contributed by atoms with Crippen molar-refractivity contribution in [3.8, 4) is 0 Å². The molecule has 11 heavy (non-hydrogen) atoms. The topological polar surface area (TPSA) is 0 Å². The highest BCUT2D eigenvalue weighted by Gasteiger charge is 2.12. The summed E-state index contributed by atoms with van der Waals surface area (Å²) in [5, 5.41) is 0. The van der Waals surface area contributed by atoms with Crippen LogP contribution in [0, 0.1) is 18.8 Å². The van der Waals surface area contributed by atoms with Gasteiger partial charge in [0.05, 0.1) is 0 Å². The SMILES string of the molecule is [CH2]CCC(CC)C(C)CCC. The summed E-state index contributed by atoms with van der Waals surface area (Å²) in [6.07, 6.45) is 6.47. The van der Waals surface area contributed by atoms with Crippen molar-refractivity contribution in [1.29, 1.82) is 0 Å². The maximum Gasteiger partial charge on any atom is -0.0391 e. The fourth-order valence-electron chi connectivity index (χ4n) is 1.84. The second-order valence-corrected chi connectivity index (χ2v) is 3.58. The fourth-order valence-corrected chi connectivity index (χ4v) is 1.84. The first-order chi connectivity index (χ1) is 5.26. The zero-order chi connectivity index (χ0) is 8.69. The van der Waals surface area contributed by atoms with E-state index >= 15 is 0 Å². The molecular weight excluding hydrogens is 132 g/mol. The van der Waals surface area contributed by atoms with Crippen LogP contribution < -0.4 is 0 Å². The molecule has 0 saturated heterocycles. The van der Waals surface area contributed by atoms with Gasteiger partial charge in [-0.05, 0) is 11.8 Å². The Morgan fingerprint density at radius 2 is 1.82 bits per heavy atom. The minimum Gasteiger partial charge on any atom is -0.0654 e. The van der Waals surface area contributed by atoms with Crippen molar-refractivity contribution in [1.82, 2.24) is 0 Å². The van der Waals surface area contributed by atoms with E-state index in [1.165, 1.54) is 25.7 Å². The summed E-state index contributed by atoms with van der Waals surface area (Å²) in [5.41, 5.74) is 0. The third-order valence-electron chi connectivity index (χ3n) is 2.65. The molecule has 0 amide bonds. The summed E-state index contributed by atoms with van der Waals surface area (Å²) >= 11 is 0. The maximum atomic E-state index is 3.92. The Labute approximate surface area is 72.4 Å². The van der Waals surface area contributed by atoms with E-state index in [9.17, 15) is 0 Å². The number of rotatable bonds is 6. The molecule has 0 aliphatic carbocycles. The van der Waals surface area contributed by atoms with E-state index in [1.807, 2.05) is 0 Å². The molecule has 0 fully saturated rings. The number of hydrogen-bond donors (Lipinski definition) is 0. The van der Waals surface area contributed by atoms with E-state index in [2.05, 4.69) is 27.7 Å². The van der Waals surface area contributed by atoms with E-state index in [-0.39, 0.29) is 0 Å². The Hall–Kier alpha value is 0. The first-order valence-electron chi connectivity index (χ1n) is 5.05. The van der Waals surface area contributed by atoms with E-state index in [0.717, 1.165) is 18.3 Å². The Kier molecular flexibility index (Phi) is 6.69. The molecule has 0 N–H and O–H groups in total. The van der Waals surface area contributed by atoms with Crippen LogP contribution >= 0.6 is 0 Å². The molecule has 0 saturated carbocycles. The Balaban J connectivity index is 3.61. The lowest BCUT2D eigenvalue weighted by molar-refractivity contribution is 0.308. The lowest BCUT2D eigenvalue weighted by Gasteiger charge is -2.21. The van der Waals surface area contributed by atoms with Crippen LogP contribution in [0.5, 0.6) is 0 Å². The van der Waals surface area contributed by atoms with Crippen LogP contribution in [0.3, 0.4) is 0 Å². The Morgan fingerprint density at radius 1 is 1.18 bits per heavy atom. The second kappa shape index (κ2) is 6.69. The molecule has 0 bridgehead atoms. The average Bonchev–Trinajstić information content (AvgIpc) is 2.00. The summed E-state index contributed by atoms with van der Waals surface area (Å²) in [4.78, 5) is 0. The van der Waals surface area contributed by atoms with E-state index in [4.69, 9.17) is 0 Å². The third kappa shape index (κ3) is 4.44. The molecule has 67 valence electrons. The second-order valence-electron chi connectivity index (χ2n) is 3.58. The summed E-state index contributed by atoms with van der Waals surface area (Å²) in [7, 11) is 0. The van der Waals surface area contributed by atoms with Gasteiger partial charge in [0.15, 0.2) is 0 Å². The van der Waals surface area contributed by atoms with E-state index in [0.29, 0.717) is 0 Å². The van der Waals surface area contributed by atoms with E-state index in [1.54, 1.807) is 0 Å². The Morgan fingerprint density at radius 3 is 2.18 bits per heavy atom. The van der Waals surface area contributed by atoms with Gasteiger partial charge in [0, 0.05) is 0 Å². The van der Waals surface area contributed by atoms with Gasteiger partial charge in [-0.25, -0.2) is 0 Å². The van der Waals surface area contributed by atoms with Gasteiger partial charge in [0.2, 0.25) is 0 Å². The number of hydrogen-bond acceptors (Lipinski definition) is 0. The van der Waals surface area contributed by atoms with Crippen molar-refractivity contribution < 1.29 is 0 Å². The monoisotopic (exact) mass is 155 g/mol. The first kappa shape index (κ1) is 11.0. The summed E-state index contributed by atoms with van der Waals surface area (Å²) in [6.45, 7) is 10.9. The molecule has 2 unspecified atom stereocenters. The minimum absolute atomic E-state index is 0.909. The van der Waals surface area contributed by atoms with Gasteiger partial charge in [0.25, 0.3) is 0 Å². The Bertz CT molecular complexity index is 76.1. The van der Waals surface area contributed by atoms with Gasteiger partial charge in [0.1, 0.15) is 0 Å². The van der Waals surface area contributed by atoms with Gasteiger partial charge in [-0.15, -0.1) is 0 Å². The molecule has 0 aliphatic rings. The molecule has 0 aromatic rings. The molecule has 1 radical (unpaired) electrons. The molecule has 0 aromatic heterocycles. The highest BCUT2D eigenvalue weighted by Crippen LogP contribution is 2.24. The van der Waals surface area contributed by atoms with Crippen LogP contribution in [0.4, 0.5) is 0 Å². The van der Waals surface area contributed by atoms with Crippen LogP contribution in [0.2, 0.25) is 0 Å². The third-order valence-corrected chi connectivity index (χ3v) is 2.65. The molecule has 0 rings (SSSR count).